The van der Waals surface area contributed by atoms with E-state index in [9.17, 15) is 0 Å². The number of ether oxygens (including phenoxy) is 3. The van der Waals surface area contributed by atoms with Crippen LogP contribution in [0, 0.1) is 6.92 Å². The van der Waals surface area contributed by atoms with Crippen LogP contribution in [0.25, 0.3) is 0 Å². The lowest BCUT2D eigenvalue weighted by molar-refractivity contribution is -0.0855. The van der Waals surface area contributed by atoms with Gasteiger partial charge in [-0.3, -0.25) is 4.99 Å². The Balaban J connectivity index is 0.00000338. The minimum absolute atomic E-state index is 0. The Morgan fingerprint density at radius 1 is 1.27 bits per heavy atom. The number of guanidine groups is 1. The van der Waals surface area contributed by atoms with Crippen molar-refractivity contribution >= 4 is 29.9 Å². The number of nitrogens with zero attached hydrogens (tertiary/aromatic N) is 1. The van der Waals surface area contributed by atoms with E-state index in [-0.39, 0.29) is 35.7 Å². The summed E-state index contributed by atoms with van der Waals surface area (Å²) in [6, 6.07) is 8.04. The smallest absolute Gasteiger partial charge is 0.191 e. The van der Waals surface area contributed by atoms with Gasteiger partial charge < -0.3 is 24.8 Å². The first-order chi connectivity index (χ1) is 12.1. The Bertz CT molecular complexity index is 563. The monoisotopic (exact) mass is 477 g/mol. The Labute approximate surface area is 174 Å². The number of rotatable bonds is 7. The van der Waals surface area contributed by atoms with Crippen molar-refractivity contribution < 1.29 is 14.2 Å². The van der Waals surface area contributed by atoms with Crippen LogP contribution in [0.3, 0.4) is 0 Å². The standard InChI is InChI=1S/C19H31N3O3.HI/c1-15-7-5-6-8-17(15)25-16(2)13-21-18(20-3)22-14-19(23-4)9-11-24-12-10-19;/h5-8,16H,9-14H2,1-4H3,(H2,20,21,22);1H. The van der Waals surface area contributed by atoms with Crippen molar-refractivity contribution in [1.82, 2.24) is 10.6 Å². The van der Waals surface area contributed by atoms with E-state index in [1.807, 2.05) is 38.1 Å². The van der Waals surface area contributed by atoms with Crippen molar-refractivity contribution in [3.05, 3.63) is 29.8 Å². The first-order valence-corrected chi connectivity index (χ1v) is 8.88. The van der Waals surface area contributed by atoms with E-state index in [0.29, 0.717) is 13.1 Å². The summed E-state index contributed by atoms with van der Waals surface area (Å²) in [6.45, 7) is 6.94. The van der Waals surface area contributed by atoms with Crippen LogP contribution in [-0.2, 0) is 9.47 Å². The molecule has 7 heteroatoms. The summed E-state index contributed by atoms with van der Waals surface area (Å²) < 4.78 is 17.2. The number of halogens is 1. The summed E-state index contributed by atoms with van der Waals surface area (Å²) in [7, 11) is 3.53. The predicted molar refractivity (Wildman–Crippen MR) is 116 cm³/mol. The van der Waals surface area contributed by atoms with Gasteiger partial charge in [-0.05, 0) is 25.5 Å². The molecule has 26 heavy (non-hydrogen) atoms. The summed E-state index contributed by atoms with van der Waals surface area (Å²) in [4.78, 5) is 4.29. The van der Waals surface area contributed by atoms with Crippen LogP contribution in [-0.4, -0.2) is 58.1 Å². The molecule has 0 bridgehead atoms. The highest BCUT2D eigenvalue weighted by Gasteiger charge is 2.32. The number of para-hydroxylation sites is 1. The van der Waals surface area contributed by atoms with E-state index in [2.05, 4.69) is 15.6 Å². The van der Waals surface area contributed by atoms with Crippen molar-refractivity contribution in [2.75, 3.05) is 40.5 Å². The first kappa shape index (κ1) is 23.0. The molecule has 1 aliphatic rings. The van der Waals surface area contributed by atoms with E-state index >= 15 is 0 Å². The van der Waals surface area contributed by atoms with Gasteiger partial charge in [-0.2, -0.15) is 0 Å². The summed E-state index contributed by atoms with van der Waals surface area (Å²) in [5.41, 5.74) is 0.956. The van der Waals surface area contributed by atoms with Gasteiger partial charge >= 0.3 is 0 Å². The third-order valence-electron chi connectivity index (χ3n) is 4.62. The van der Waals surface area contributed by atoms with Crippen LogP contribution in [0.2, 0.25) is 0 Å². The van der Waals surface area contributed by atoms with Gasteiger partial charge in [-0.1, -0.05) is 18.2 Å². The summed E-state index contributed by atoms with van der Waals surface area (Å²) in [5, 5.41) is 6.68. The lowest BCUT2D eigenvalue weighted by atomic mass is 9.94. The van der Waals surface area contributed by atoms with E-state index in [0.717, 1.165) is 43.3 Å². The maximum absolute atomic E-state index is 5.99. The van der Waals surface area contributed by atoms with Gasteiger partial charge in [0.2, 0.25) is 0 Å². The first-order valence-electron chi connectivity index (χ1n) is 8.88. The van der Waals surface area contributed by atoms with E-state index in [1.165, 1.54) is 0 Å². The normalized spacial score (nSPS) is 17.8. The second-order valence-corrected chi connectivity index (χ2v) is 6.50. The maximum Gasteiger partial charge on any atom is 0.191 e. The molecule has 1 aromatic carbocycles. The molecule has 0 spiro atoms. The highest BCUT2D eigenvalue weighted by atomic mass is 127. The van der Waals surface area contributed by atoms with E-state index in [4.69, 9.17) is 14.2 Å². The van der Waals surface area contributed by atoms with Crippen LogP contribution in [0.4, 0.5) is 0 Å². The lowest BCUT2D eigenvalue weighted by Crippen LogP contribution is -2.51. The minimum atomic E-state index is -0.181. The van der Waals surface area contributed by atoms with Crippen LogP contribution in [0.5, 0.6) is 5.75 Å². The minimum Gasteiger partial charge on any atom is -0.489 e. The number of hydrogen-bond donors (Lipinski definition) is 2. The number of aryl methyl sites for hydroxylation is 1. The predicted octanol–water partition coefficient (Wildman–Crippen LogP) is 2.74. The molecule has 148 valence electrons. The number of aliphatic imine (C=N–C) groups is 1. The number of methoxy groups -OCH3 is 1. The Morgan fingerprint density at radius 2 is 1.96 bits per heavy atom. The third kappa shape index (κ3) is 6.92. The zero-order chi connectivity index (χ0) is 18.1. The average Bonchev–Trinajstić information content (AvgIpc) is 2.64. The fourth-order valence-corrected chi connectivity index (χ4v) is 2.85. The molecule has 1 unspecified atom stereocenters. The van der Waals surface area contributed by atoms with Crippen LogP contribution in [0.15, 0.2) is 29.3 Å². The van der Waals surface area contributed by atoms with Crippen molar-refractivity contribution in [2.45, 2.75) is 38.4 Å². The third-order valence-corrected chi connectivity index (χ3v) is 4.62. The van der Waals surface area contributed by atoms with Crippen molar-refractivity contribution in [3.63, 3.8) is 0 Å². The molecule has 1 atom stereocenters. The number of benzene rings is 1. The summed E-state index contributed by atoms with van der Waals surface area (Å²) in [5.74, 6) is 1.67. The molecule has 0 aliphatic carbocycles. The molecular weight excluding hydrogens is 445 g/mol. The largest absolute Gasteiger partial charge is 0.489 e. The van der Waals surface area contributed by atoms with Gasteiger partial charge in [-0.25, -0.2) is 0 Å². The number of nitrogens with one attached hydrogen (secondary N) is 2. The summed E-state index contributed by atoms with van der Waals surface area (Å²) in [6.07, 6.45) is 1.81. The maximum atomic E-state index is 5.99. The Kier molecular flexibility index (Phi) is 10.3. The van der Waals surface area contributed by atoms with Gasteiger partial charge in [0, 0.05) is 46.8 Å². The van der Waals surface area contributed by atoms with Gasteiger partial charge in [0.1, 0.15) is 11.9 Å². The highest BCUT2D eigenvalue weighted by Crippen LogP contribution is 2.23. The van der Waals surface area contributed by atoms with Crippen LogP contribution < -0.4 is 15.4 Å². The summed E-state index contributed by atoms with van der Waals surface area (Å²) >= 11 is 0. The van der Waals surface area contributed by atoms with Gasteiger partial charge in [0.25, 0.3) is 0 Å². The molecular formula is C19H32IN3O3. The molecule has 0 aromatic heterocycles. The molecule has 1 fully saturated rings. The van der Waals surface area contributed by atoms with Crippen molar-refractivity contribution in [3.8, 4) is 5.75 Å². The SMILES string of the molecule is CN=C(NCC(C)Oc1ccccc1C)NCC1(OC)CCOCC1.I. The molecule has 0 radical (unpaired) electrons. The fraction of sp³-hybridized carbons (Fsp3) is 0.632. The van der Waals surface area contributed by atoms with Crippen LogP contribution >= 0.6 is 24.0 Å². The Hall–Kier alpha value is -1.06. The molecule has 0 saturated carbocycles. The van der Waals surface area contributed by atoms with E-state index < -0.39 is 0 Å². The molecule has 1 aromatic rings. The zero-order valence-corrected chi connectivity index (χ0v) is 18.5. The van der Waals surface area contributed by atoms with Crippen LogP contribution in [0.1, 0.15) is 25.3 Å². The average molecular weight is 477 g/mol. The highest BCUT2D eigenvalue weighted by molar-refractivity contribution is 14.0. The second kappa shape index (κ2) is 11.6. The fourth-order valence-electron chi connectivity index (χ4n) is 2.85. The topological polar surface area (TPSA) is 64.1 Å². The second-order valence-electron chi connectivity index (χ2n) is 6.50. The lowest BCUT2D eigenvalue weighted by Gasteiger charge is -2.36. The molecule has 1 aliphatic heterocycles. The van der Waals surface area contributed by atoms with Gasteiger partial charge in [-0.15, -0.1) is 24.0 Å². The molecule has 2 N–H and O–H groups in total. The zero-order valence-electron chi connectivity index (χ0n) is 16.2. The Morgan fingerprint density at radius 3 is 2.58 bits per heavy atom. The molecule has 2 rings (SSSR count). The molecule has 0 amide bonds. The number of hydrogen-bond acceptors (Lipinski definition) is 4. The molecule has 1 heterocycles. The van der Waals surface area contributed by atoms with Gasteiger partial charge in [0.15, 0.2) is 5.96 Å². The molecule has 6 nitrogen and oxygen atoms in total. The van der Waals surface area contributed by atoms with Gasteiger partial charge in [0.05, 0.1) is 12.1 Å². The molecule has 1 saturated heterocycles. The van der Waals surface area contributed by atoms with E-state index in [1.54, 1.807) is 14.2 Å². The van der Waals surface area contributed by atoms with Crippen molar-refractivity contribution in [1.29, 1.82) is 0 Å². The quantitative estimate of drug-likeness (QED) is 0.359. The van der Waals surface area contributed by atoms with Crippen molar-refractivity contribution in [2.24, 2.45) is 4.99 Å².